The monoisotopic (exact) mass is 368 g/mol. The first kappa shape index (κ1) is 18.9. The molecule has 0 bridgehead atoms. The van der Waals surface area contributed by atoms with Gasteiger partial charge in [-0.25, -0.2) is 4.98 Å². The predicted molar refractivity (Wildman–Crippen MR) is 105 cm³/mol. The molecule has 0 amide bonds. The Balaban J connectivity index is 1.45. The Kier molecular flexibility index (Phi) is 6.44. The Hall–Kier alpha value is -2.86. The molecule has 0 atom stereocenters. The van der Waals surface area contributed by atoms with E-state index in [1.54, 1.807) is 17.0 Å². The normalized spacial score (nSPS) is 11.1. The van der Waals surface area contributed by atoms with Crippen molar-refractivity contribution in [2.75, 3.05) is 19.8 Å². The molecule has 6 nitrogen and oxygen atoms in total. The van der Waals surface area contributed by atoms with Crippen molar-refractivity contribution in [2.45, 2.75) is 26.5 Å². The summed E-state index contributed by atoms with van der Waals surface area (Å²) in [6.45, 7) is 5.64. The van der Waals surface area contributed by atoms with Crippen LogP contribution in [-0.2, 0) is 11.3 Å². The van der Waals surface area contributed by atoms with Gasteiger partial charge in [0, 0.05) is 0 Å². The second kappa shape index (κ2) is 9.19. The molecule has 1 aromatic heterocycles. The van der Waals surface area contributed by atoms with Gasteiger partial charge in [-0.3, -0.25) is 9.36 Å². The van der Waals surface area contributed by atoms with Crippen LogP contribution in [0.5, 0.6) is 11.5 Å². The second-order valence-corrected chi connectivity index (χ2v) is 6.33. The molecule has 0 aliphatic carbocycles. The first-order valence-corrected chi connectivity index (χ1v) is 9.05. The lowest BCUT2D eigenvalue weighted by Crippen LogP contribution is -2.23. The van der Waals surface area contributed by atoms with E-state index in [1.165, 1.54) is 0 Å². The highest BCUT2D eigenvalue weighted by atomic mass is 16.5. The summed E-state index contributed by atoms with van der Waals surface area (Å²) in [6, 6.07) is 14.9. The first-order valence-electron chi connectivity index (χ1n) is 9.05. The Morgan fingerprint density at radius 1 is 0.963 bits per heavy atom. The van der Waals surface area contributed by atoms with Gasteiger partial charge >= 0.3 is 0 Å². The molecule has 3 rings (SSSR count). The number of fused-ring (bicyclic) bond motifs is 1. The lowest BCUT2D eigenvalue weighted by Gasteiger charge is -2.15. The van der Waals surface area contributed by atoms with Gasteiger partial charge in [-0.2, -0.15) is 0 Å². The van der Waals surface area contributed by atoms with Crippen LogP contribution in [-0.4, -0.2) is 35.5 Å². The molecular weight excluding hydrogens is 344 g/mol. The number of hydrogen-bond donors (Lipinski definition) is 0. The van der Waals surface area contributed by atoms with Crippen LogP contribution >= 0.6 is 0 Å². The Labute approximate surface area is 158 Å². The molecule has 0 saturated heterocycles. The summed E-state index contributed by atoms with van der Waals surface area (Å²) >= 11 is 0. The van der Waals surface area contributed by atoms with Gasteiger partial charge in [0.2, 0.25) is 0 Å². The van der Waals surface area contributed by atoms with Crippen molar-refractivity contribution in [2.24, 2.45) is 0 Å². The van der Waals surface area contributed by atoms with Gasteiger partial charge in [-0.1, -0.05) is 24.3 Å². The maximum absolute atomic E-state index is 12.4. The minimum atomic E-state index is -0.0554. The minimum Gasteiger partial charge on any atom is -0.487 e. The maximum atomic E-state index is 12.4. The fraction of sp³-hybridized carbons (Fsp3) is 0.333. The van der Waals surface area contributed by atoms with Crippen LogP contribution in [0.4, 0.5) is 0 Å². The van der Waals surface area contributed by atoms with E-state index in [0.717, 1.165) is 5.75 Å². The van der Waals surface area contributed by atoms with Gasteiger partial charge < -0.3 is 14.2 Å². The number of para-hydroxylation sites is 3. The highest BCUT2D eigenvalue weighted by Gasteiger charge is 2.06. The lowest BCUT2D eigenvalue weighted by molar-refractivity contribution is 0.0919. The standard InChI is InChI=1S/C21H24N2O4/c1-16(2)27-20-10-6-5-9-19(20)26-14-13-25-12-11-23-15-22-18-8-4-3-7-17(18)21(23)24/h3-10,15-16H,11-14H2,1-2H3. The van der Waals surface area contributed by atoms with Gasteiger partial charge in [0.15, 0.2) is 11.5 Å². The molecule has 6 heteroatoms. The van der Waals surface area contributed by atoms with Crippen LogP contribution in [0.25, 0.3) is 10.9 Å². The topological polar surface area (TPSA) is 62.6 Å². The molecule has 3 aromatic rings. The highest BCUT2D eigenvalue weighted by Crippen LogP contribution is 2.27. The van der Waals surface area contributed by atoms with Crippen LogP contribution in [0, 0.1) is 0 Å². The predicted octanol–water partition coefficient (Wildman–Crippen LogP) is 3.28. The summed E-state index contributed by atoms with van der Waals surface area (Å²) in [5, 5.41) is 0.616. The number of nitrogens with zero attached hydrogens (tertiary/aromatic N) is 2. The molecule has 0 unspecified atom stereocenters. The Morgan fingerprint density at radius 3 is 2.52 bits per heavy atom. The summed E-state index contributed by atoms with van der Waals surface area (Å²) in [4.78, 5) is 16.7. The van der Waals surface area contributed by atoms with E-state index in [2.05, 4.69) is 4.98 Å². The summed E-state index contributed by atoms with van der Waals surface area (Å²) in [5.41, 5.74) is 0.649. The Morgan fingerprint density at radius 2 is 1.70 bits per heavy atom. The van der Waals surface area contributed by atoms with Crippen LogP contribution < -0.4 is 15.0 Å². The molecule has 142 valence electrons. The fourth-order valence-electron chi connectivity index (χ4n) is 2.66. The fourth-order valence-corrected chi connectivity index (χ4v) is 2.66. The van der Waals surface area contributed by atoms with Crippen molar-refractivity contribution in [3.8, 4) is 11.5 Å². The summed E-state index contributed by atoms with van der Waals surface area (Å²) in [7, 11) is 0. The molecule has 0 fully saturated rings. The number of rotatable bonds is 9. The van der Waals surface area contributed by atoms with E-state index in [4.69, 9.17) is 14.2 Å². The van der Waals surface area contributed by atoms with Crippen molar-refractivity contribution in [1.29, 1.82) is 0 Å². The average Bonchev–Trinajstić information content (AvgIpc) is 2.67. The summed E-state index contributed by atoms with van der Waals surface area (Å²) in [6.07, 6.45) is 1.64. The zero-order chi connectivity index (χ0) is 19.1. The Bertz CT molecular complexity index is 937. The largest absolute Gasteiger partial charge is 0.487 e. The SMILES string of the molecule is CC(C)Oc1ccccc1OCCOCCn1cnc2ccccc2c1=O. The molecule has 2 aromatic carbocycles. The van der Waals surface area contributed by atoms with Gasteiger partial charge in [0.25, 0.3) is 5.56 Å². The number of ether oxygens (including phenoxy) is 3. The van der Waals surface area contributed by atoms with Crippen LogP contribution in [0.15, 0.2) is 59.7 Å². The van der Waals surface area contributed by atoms with Gasteiger partial charge in [-0.05, 0) is 38.1 Å². The van der Waals surface area contributed by atoms with Crippen LogP contribution in [0.3, 0.4) is 0 Å². The van der Waals surface area contributed by atoms with Gasteiger partial charge in [0.05, 0.1) is 43.1 Å². The van der Waals surface area contributed by atoms with Crippen molar-refractivity contribution < 1.29 is 14.2 Å². The first-order chi connectivity index (χ1) is 13.1. The molecule has 0 radical (unpaired) electrons. The molecule has 0 aliphatic rings. The number of hydrogen-bond acceptors (Lipinski definition) is 5. The van der Waals surface area contributed by atoms with Crippen molar-refractivity contribution >= 4 is 10.9 Å². The highest BCUT2D eigenvalue weighted by molar-refractivity contribution is 5.76. The third kappa shape index (κ3) is 5.08. The van der Waals surface area contributed by atoms with E-state index in [-0.39, 0.29) is 11.7 Å². The zero-order valence-electron chi connectivity index (χ0n) is 15.6. The van der Waals surface area contributed by atoms with E-state index >= 15 is 0 Å². The average molecular weight is 368 g/mol. The summed E-state index contributed by atoms with van der Waals surface area (Å²) in [5.74, 6) is 1.42. The summed E-state index contributed by atoms with van der Waals surface area (Å²) < 4.78 is 18.6. The number of aromatic nitrogens is 2. The molecule has 0 aliphatic heterocycles. The lowest BCUT2D eigenvalue weighted by atomic mass is 10.2. The maximum Gasteiger partial charge on any atom is 0.261 e. The van der Waals surface area contributed by atoms with Crippen LogP contribution in [0.2, 0.25) is 0 Å². The van der Waals surface area contributed by atoms with Crippen molar-refractivity contribution in [1.82, 2.24) is 9.55 Å². The minimum absolute atomic E-state index is 0.0554. The third-order valence-corrected chi connectivity index (χ3v) is 3.91. The van der Waals surface area contributed by atoms with Gasteiger partial charge in [-0.15, -0.1) is 0 Å². The molecule has 0 spiro atoms. The molecule has 1 heterocycles. The number of benzene rings is 2. The zero-order valence-corrected chi connectivity index (χ0v) is 15.6. The van der Waals surface area contributed by atoms with Crippen LogP contribution in [0.1, 0.15) is 13.8 Å². The molecular formula is C21H24N2O4. The molecule has 27 heavy (non-hydrogen) atoms. The van der Waals surface area contributed by atoms with E-state index < -0.39 is 0 Å². The van der Waals surface area contributed by atoms with Crippen molar-refractivity contribution in [3.05, 3.63) is 65.2 Å². The third-order valence-electron chi connectivity index (χ3n) is 3.91. The van der Waals surface area contributed by atoms with Gasteiger partial charge in [0.1, 0.15) is 6.61 Å². The molecule has 0 saturated carbocycles. The van der Waals surface area contributed by atoms with Crippen molar-refractivity contribution in [3.63, 3.8) is 0 Å². The van der Waals surface area contributed by atoms with E-state index in [1.807, 2.05) is 56.3 Å². The van der Waals surface area contributed by atoms with E-state index in [9.17, 15) is 4.79 Å². The quantitative estimate of drug-likeness (QED) is 0.543. The smallest absolute Gasteiger partial charge is 0.261 e. The molecule has 0 N–H and O–H groups in total. The van der Waals surface area contributed by atoms with E-state index in [0.29, 0.717) is 43.0 Å². The second-order valence-electron chi connectivity index (χ2n) is 6.33.